The van der Waals surface area contributed by atoms with Gasteiger partial charge in [-0.15, -0.1) is 0 Å². The van der Waals surface area contributed by atoms with Gasteiger partial charge in [0.2, 0.25) is 17.4 Å². The molecule has 2 atom stereocenters. The highest BCUT2D eigenvalue weighted by Gasteiger charge is 2.48. The second-order valence-electron chi connectivity index (χ2n) is 8.13. The van der Waals surface area contributed by atoms with Crippen molar-refractivity contribution in [1.82, 2.24) is 35.1 Å². The lowest BCUT2D eigenvalue weighted by Crippen LogP contribution is -2.35. The Balaban J connectivity index is 1.38. The maximum Gasteiger partial charge on any atom is 0.262 e. The molecule has 1 aliphatic heterocycles. The van der Waals surface area contributed by atoms with Crippen LogP contribution in [0.3, 0.4) is 0 Å². The molecule has 4 aromatic heterocycles. The van der Waals surface area contributed by atoms with Crippen LogP contribution in [0.1, 0.15) is 36.9 Å². The first-order valence-electron chi connectivity index (χ1n) is 10.7. The van der Waals surface area contributed by atoms with Crippen LogP contribution in [-0.2, 0) is 10.4 Å². The molecule has 0 spiro atoms. The zero-order valence-corrected chi connectivity index (χ0v) is 18.8. The highest BCUT2D eigenvalue weighted by Crippen LogP contribution is 2.34. The molecule has 1 unspecified atom stereocenters. The van der Waals surface area contributed by atoms with Crippen molar-refractivity contribution in [3.63, 3.8) is 0 Å². The second-order valence-corrected chi connectivity index (χ2v) is 8.13. The predicted octanol–water partition coefficient (Wildman–Crippen LogP) is 2.11. The van der Waals surface area contributed by atoms with Crippen molar-refractivity contribution in [2.24, 2.45) is 0 Å². The monoisotopic (exact) mass is 462 g/mol. The van der Waals surface area contributed by atoms with Gasteiger partial charge in [-0.1, -0.05) is 16.4 Å². The molecule has 0 radical (unpaired) electrons. The molecule has 1 amide bonds. The number of likely N-dealkylation sites (tertiary alicyclic amines) is 1. The maximum absolute atomic E-state index is 12.4. The number of likely N-dealkylation sites (N-methyl/N-ethyl adjacent to an activating group) is 1. The van der Waals surface area contributed by atoms with Gasteiger partial charge >= 0.3 is 0 Å². The molecule has 0 bridgehead atoms. The molecule has 0 aromatic carbocycles. The Hall–Kier alpha value is -4.19. The van der Waals surface area contributed by atoms with Crippen molar-refractivity contribution < 1.29 is 18.9 Å². The molecule has 1 aliphatic rings. The minimum Gasteiger partial charge on any atom is -0.373 e. The van der Waals surface area contributed by atoms with Gasteiger partial charge in [0, 0.05) is 32.3 Å². The number of carbonyl (C=O) groups excluding carboxylic acids is 1. The number of pyridine rings is 1. The van der Waals surface area contributed by atoms with Gasteiger partial charge in [0.1, 0.15) is 11.7 Å². The summed E-state index contributed by atoms with van der Waals surface area (Å²) in [5.41, 5.74) is 0.379. The van der Waals surface area contributed by atoms with Gasteiger partial charge in [-0.2, -0.15) is 4.98 Å². The fourth-order valence-corrected chi connectivity index (χ4v) is 3.71. The van der Waals surface area contributed by atoms with Crippen LogP contribution in [0.4, 0.5) is 5.95 Å². The van der Waals surface area contributed by atoms with Crippen LogP contribution in [0.2, 0.25) is 0 Å². The molecule has 0 saturated carbocycles. The summed E-state index contributed by atoms with van der Waals surface area (Å²) in [6, 6.07) is 8.39. The fraction of sp³-hybridized carbons (Fsp3) is 0.318. The molecule has 4 aromatic rings. The van der Waals surface area contributed by atoms with Crippen LogP contribution < -0.4 is 5.32 Å². The third kappa shape index (κ3) is 3.88. The first-order chi connectivity index (χ1) is 16.3. The van der Waals surface area contributed by atoms with E-state index in [1.807, 2.05) is 19.1 Å². The molecule has 1 fully saturated rings. The normalized spacial score (nSPS) is 18.9. The Morgan fingerprint density at radius 3 is 2.56 bits per heavy atom. The molecular formula is C22H22N8O4. The Morgan fingerprint density at radius 2 is 1.85 bits per heavy atom. The number of aryl methyl sites for hydroxylation is 1. The van der Waals surface area contributed by atoms with Crippen molar-refractivity contribution in [3.8, 4) is 22.8 Å². The molecule has 12 nitrogen and oxygen atoms in total. The molecule has 5 rings (SSSR count). The number of nitrogens with zero attached hydrogens (tertiary/aromatic N) is 7. The summed E-state index contributed by atoms with van der Waals surface area (Å²) in [5, 5.41) is 21.8. The summed E-state index contributed by atoms with van der Waals surface area (Å²) < 4.78 is 10.5. The maximum atomic E-state index is 12.4. The fourth-order valence-electron chi connectivity index (χ4n) is 3.71. The average molecular weight is 462 g/mol. The summed E-state index contributed by atoms with van der Waals surface area (Å²) in [7, 11) is 1.64. The molecule has 174 valence electrons. The minimum atomic E-state index is -1.71. The molecule has 1 saturated heterocycles. The number of nitrogens with one attached hydrogen (secondary N) is 1. The molecule has 12 heteroatoms. The number of carbonyl (C=O) groups is 1. The Bertz CT molecular complexity index is 1350. The van der Waals surface area contributed by atoms with E-state index in [2.05, 4.69) is 35.6 Å². The van der Waals surface area contributed by atoms with E-state index in [1.165, 1.54) is 4.90 Å². The van der Waals surface area contributed by atoms with E-state index in [-0.39, 0.29) is 18.2 Å². The Morgan fingerprint density at radius 1 is 1.09 bits per heavy atom. The van der Waals surface area contributed by atoms with Gasteiger partial charge in [-0.05, 0) is 32.0 Å². The first-order valence-corrected chi connectivity index (χ1v) is 10.7. The summed E-state index contributed by atoms with van der Waals surface area (Å²) >= 11 is 0. The van der Waals surface area contributed by atoms with E-state index in [4.69, 9.17) is 9.05 Å². The quantitative estimate of drug-likeness (QED) is 0.432. The van der Waals surface area contributed by atoms with Gasteiger partial charge in [0.05, 0.1) is 17.1 Å². The standard InChI is InChI=1S/C22H22N8O4/c1-12(19-25-13(2)28-34-19)24-21-23-9-7-16(27-21)14-5-4-6-15(26-14)17-11-18(33-29-17)22(32)8-10-30(3)20(22)31/h4-7,9,11-12,32H,8,10H2,1-3H3,(H,23,24,27)/t12?,22-/m1/s1. The smallest absolute Gasteiger partial charge is 0.262 e. The van der Waals surface area contributed by atoms with Crippen LogP contribution in [0.25, 0.3) is 22.8 Å². The lowest BCUT2D eigenvalue weighted by molar-refractivity contribution is -0.144. The summed E-state index contributed by atoms with van der Waals surface area (Å²) in [6.07, 6.45) is 1.86. The van der Waals surface area contributed by atoms with E-state index in [1.54, 1.807) is 38.4 Å². The lowest BCUT2D eigenvalue weighted by atomic mass is 9.98. The van der Waals surface area contributed by atoms with Gasteiger partial charge < -0.3 is 24.4 Å². The number of hydrogen-bond donors (Lipinski definition) is 2. The van der Waals surface area contributed by atoms with Gasteiger partial charge in [-0.3, -0.25) is 4.79 Å². The average Bonchev–Trinajstić information content (AvgIpc) is 3.57. The summed E-state index contributed by atoms with van der Waals surface area (Å²) in [6.45, 7) is 4.05. The van der Waals surface area contributed by atoms with Crippen molar-refractivity contribution in [2.45, 2.75) is 31.9 Å². The van der Waals surface area contributed by atoms with Crippen LogP contribution >= 0.6 is 0 Å². The van der Waals surface area contributed by atoms with E-state index >= 15 is 0 Å². The number of amides is 1. The van der Waals surface area contributed by atoms with E-state index in [0.29, 0.717) is 47.0 Å². The van der Waals surface area contributed by atoms with Crippen molar-refractivity contribution in [3.05, 3.63) is 54.0 Å². The van der Waals surface area contributed by atoms with Crippen molar-refractivity contribution in [2.75, 3.05) is 18.9 Å². The largest absolute Gasteiger partial charge is 0.373 e. The van der Waals surface area contributed by atoms with Crippen LogP contribution in [0.5, 0.6) is 0 Å². The number of anilines is 1. The lowest BCUT2D eigenvalue weighted by Gasteiger charge is -2.16. The minimum absolute atomic E-state index is 0.0998. The Labute approximate surface area is 194 Å². The highest BCUT2D eigenvalue weighted by molar-refractivity contribution is 5.87. The van der Waals surface area contributed by atoms with Crippen molar-refractivity contribution >= 4 is 11.9 Å². The topological polar surface area (TPSA) is 156 Å². The number of rotatable bonds is 6. The van der Waals surface area contributed by atoms with E-state index in [0.717, 1.165) is 0 Å². The molecule has 34 heavy (non-hydrogen) atoms. The summed E-state index contributed by atoms with van der Waals surface area (Å²) in [5.74, 6) is 1.04. The van der Waals surface area contributed by atoms with Crippen LogP contribution in [0.15, 0.2) is 45.6 Å². The number of hydrogen-bond acceptors (Lipinski definition) is 11. The Kier molecular flexibility index (Phi) is 5.28. The number of aliphatic hydroxyl groups is 1. The summed E-state index contributed by atoms with van der Waals surface area (Å²) in [4.78, 5) is 31.5. The first kappa shape index (κ1) is 21.6. The molecule has 2 N–H and O–H groups in total. The highest BCUT2D eigenvalue weighted by atomic mass is 16.5. The zero-order valence-electron chi connectivity index (χ0n) is 18.8. The zero-order chi connectivity index (χ0) is 23.9. The van der Waals surface area contributed by atoms with Gasteiger partial charge in [0.15, 0.2) is 11.6 Å². The molecule has 5 heterocycles. The van der Waals surface area contributed by atoms with E-state index < -0.39 is 11.5 Å². The third-order valence-corrected chi connectivity index (χ3v) is 5.62. The predicted molar refractivity (Wildman–Crippen MR) is 118 cm³/mol. The van der Waals surface area contributed by atoms with E-state index in [9.17, 15) is 9.90 Å². The number of aromatic nitrogens is 6. The van der Waals surface area contributed by atoms with Gasteiger partial charge in [0.25, 0.3) is 5.91 Å². The SMILES string of the molecule is Cc1noc(C(C)Nc2nccc(-c3cccc(-c4cc([C@]5(O)CCN(C)C5=O)on4)n3)n2)n1. The third-order valence-electron chi connectivity index (χ3n) is 5.62. The van der Waals surface area contributed by atoms with Crippen LogP contribution in [0, 0.1) is 6.92 Å². The molecule has 0 aliphatic carbocycles. The second kappa shape index (κ2) is 8.30. The van der Waals surface area contributed by atoms with Gasteiger partial charge in [-0.25, -0.2) is 15.0 Å². The van der Waals surface area contributed by atoms with Crippen LogP contribution in [-0.4, -0.2) is 59.8 Å². The molecular weight excluding hydrogens is 440 g/mol. The van der Waals surface area contributed by atoms with Crippen molar-refractivity contribution in [1.29, 1.82) is 0 Å².